The Hall–Kier alpha value is -3.02. The van der Waals surface area contributed by atoms with Gasteiger partial charge in [0.05, 0.1) is 30.0 Å². The van der Waals surface area contributed by atoms with E-state index in [4.69, 9.17) is 4.74 Å². The Morgan fingerprint density at radius 3 is 2.87 bits per heavy atom. The molecule has 0 aliphatic heterocycles. The molecule has 2 amide bonds. The summed E-state index contributed by atoms with van der Waals surface area (Å²) < 4.78 is 7.26. The summed E-state index contributed by atoms with van der Waals surface area (Å²) in [5.74, 6) is 0.651. The summed E-state index contributed by atoms with van der Waals surface area (Å²) in [5.41, 5.74) is 2.43. The van der Waals surface area contributed by atoms with Crippen molar-refractivity contribution in [2.45, 2.75) is 13.5 Å². The van der Waals surface area contributed by atoms with Crippen LogP contribution in [-0.2, 0) is 6.54 Å². The minimum atomic E-state index is -0.297. The second-order valence-electron chi connectivity index (χ2n) is 4.94. The fraction of sp³-hybridized carbons (Fsp3) is 0.176. The van der Waals surface area contributed by atoms with Crippen molar-refractivity contribution in [1.29, 1.82) is 0 Å². The maximum absolute atomic E-state index is 12.0. The molecule has 0 aliphatic rings. The Bertz CT molecular complexity index is 780. The van der Waals surface area contributed by atoms with E-state index < -0.39 is 0 Å². The van der Waals surface area contributed by atoms with Crippen molar-refractivity contribution in [3.63, 3.8) is 0 Å². The second kappa shape index (κ2) is 6.83. The average Bonchev–Trinajstić information content (AvgIpc) is 2.98. The van der Waals surface area contributed by atoms with Crippen molar-refractivity contribution in [3.05, 3.63) is 60.4 Å². The number of pyridine rings is 1. The number of anilines is 1. The van der Waals surface area contributed by atoms with E-state index in [2.05, 4.69) is 15.7 Å². The average molecular weight is 310 g/mol. The molecule has 0 spiro atoms. The number of para-hydroxylation sites is 2. The first-order valence-electron chi connectivity index (χ1n) is 7.46. The van der Waals surface area contributed by atoms with Crippen molar-refractivity contribution < 1.29 is 9.53 Å². The van der Waals surface area contributed by atoms with Gasteiger partial charge in [0.1, 0.15) is 5.75 Å². The van der Waals surface area contributed by atoms with Gasteiger partial charge in [-0.3, -0.25) is 0 Å². The number of urea groups is 1. The van der Waals surface area contributed by atoms with Crippen LogP contribution in [0.1, 0.15) is 12.6 Å². The van der Waals surface area contributed by atoms with E-state index in [1.54, 1.807) is 10.6 Å². The number of nitrogens with zero attached hydrogens (tertiary/aromatic N) is 2. The molecule has 0 bridgehead atoms. The molecule has 2 N–H and O–H groups in total. The minimum Gasteiger partial charge on any atom is -0.492 e. The number of carbonyl (C=O) groups is 1. The van der Waals surface area contributed by atoms with Crippen LogP contribution < -0.4 is 15.4 Å². The van der Waals surface area contributed by atoms with Crippen molar-refractivity contribution in [2.24, 2.45) is 0 Å². The Kier molecular flexibility index (Phi) is 4.42. The second-order valence-corrected chi connectivity index (χ2v) is 4.94. The lowest BCUT2D eigenvalue weighted by Gasteiger charge is -2.11. The van der Waals surface area contributed by atoms with Gasteiger partial charge in [-0.25, -0.2) is 9.31 Å². The lowest BCUT2D eigenvalue weighted by molar-refractivity contribution is 0.251. The number of carbonyl (C=O) groups excluding carboxylic acids is 1. The van der Waals surface area contributed by atoms with Crippen molar-refractivity contribution in [1.82, 2.24) is 14.9 Å². The number of hydrogen-bond donors (Lipinski definition) is 2. The summed E-state index contributed by atoms with van der Waals surface area (Å²) in [6.07, 6.45) is 1.87. The largest absolute Gasteiger partial charge is 0.492 e. The molecule has 1 aromatic carbocycles. The number of hydrogen-bond acceptors (Lipinski definition) is 3. The number of rotatable bonds is 5. The molecule has 0 atom stereocenters. The van der Waals surface area contributed by atoms with Crippen LogP contribution in [0, 0.1) is 0 Å². The molecular formula is C17H18N4O2. The zero-order valence-electron chi connectivity index (χ0n) is 12.8. The third-order valence-corrected chi connectivity index (χ3v) is 3.29. The minimum absolute atomic E-state index is 0.297. The first-order valence-corrected chi connectivity index (χ1v) is 7.46. The molecule has 0 radical (unpaired) electrons. The molecule has 6 nitrogen and oxygen atoms in total. The van der Waals surface area contributed by atoms with Gasteiger partial charge in [-0.15, -0.1) is 0 Å². The van der Waals surface area contributed by atoms with E-state index in [9.17, 15) is 4.79 Å². The normalized spacial score (nSPS) is 10.5. The number of ether oxygens (including phenoxy) is 1. The lowest BCUT2D eigenvalue weighted by Crippen LogP contribution is -2.28. The van der Waals surface area contributed by atoms with Gasteiger partial charge in [-0.05, 0) is 37.3 Å². The highest BCUT2D eigenvalue weighted by atomic mass is 16.5. The fourth-order valence-electron chi connectivity index (χ4n) is 2.27. The number of aromatic nitrogens is 2. The molecule has 0 aliphatic carbocycles. The van der Waals surface area contributed by atoms with Crippen LogP contribution in [0.2, 0.25) is 0 Å². The smallest absolute Gasteiger partial charge is 0.319 e. The Morgan fingerprint density at radius 1 is 1.22 bits per heavy atom. The molecule has 0 saturated carbocycles. The lowest BCUT2D eigenvalue weighted by atomic mass is 10.3. The Morgan fingerprint density at radius 2 is 2.04 bits per heavy atom. The van der Waals surface area contributed by atoms with Crippen LogP contribution in [0.4, 0.5) is 10.5 Å². The first-order chi connectivity index (χ1) is 11.3. The molecule has 0 unspecified atom stereocenters. The number of fused-ring (bicyclic) bond motifs is 1. The van der Waals surface area contributed by atoms with Gasteiger partial charge < -0.3 is 15.4 Å². The highest BCUT2D eigenvalue weighted by Crippen LogP contribution is 2.23. The van der Waals surface area contributed by atoms with Crippen molar-refractivity contribution >= 4 is 17.2 Å². The molecule has 2 heterocycles. The summed E-state index contributed by atoms with van der Waals surface area (Å²) in [5, 5.41) is 9.97. The van der Waals surface area contributed by atoms with Crippen LogP contribution in [0.3, 0.4) is 0 Å². The molecule has 3 rings (SSSR count). The molecule has 23 heavy (non-hydrogen) atoms. The van der Waals surface area contributed by atoms with E-state index in [0.717, 1.165) is 11.2 Å². The highest BCUT2D eigenvalue weighted by molar-refractivity contribution is 5.90. The summed E-state index contributed by atoms with van der Waals surface area (Å²) in [4.78, 5) is 12.0. The van der Waals surface area contributed by atoms with E-state index in [1.165, 1.54) is 0 Å². The highest BCUT2D eigenvalue weighted by Gasteiger charge is 2.08. The van der Waals surface area contributed by atoms with Crippen LogP contribution in [0.15, 0.2) is 54.7 Å². The van der Waals surface area contributed by atoms with Crippen LogP contribution in [-0.4, -0.2) is 22.3 Å². The summed E-state index contributed by atoms with van der Waals surface area (Å²) in [6.45, 7) is 2.80. The Labute approximate surface area is 134 Å². The number of benzene rings is 1. The number of nitrogens with one attached hydrogen (secondary N) is 2. The van der Waals surface area contributed by atoms with Gasteiger partial charge in [-0.1, -0.05) is 18.2 Å². The third kappa shape index (κ3) is 3.60. The Balaban J connectivity index is 1.61. The quantitative estimate of drug-likeness (QED) is 0.761. The molecule has 0 saturated heterocycles. The van der Waals surface area contributed by atoms with Gasteiger partial charge in [0.15, 0.2) is 0 Å². The topological polar surface area (TPSA) is 67.7 Å². The monoisotopic (exact) mass is 310 g/mol. The summed E-state index contributed by atoms with van der Waals surface area (Å²) in [7, 11) is 0. The van der Waals surface area contributed by atoms with Crippen LogP contribution in [0.5, 0.6) is 5.75 Å². The summed E-state index contributed by atoms with van der Waals surface area (Å²) in [6, 6.07) is 14.8. The molecule has 118 valence electrons. The zero-order chi connectivity index (χ0) is 16.1. The molecular weight excluding hydrogens is 292 g/mol. The molecule has 2 aromatic heterocycles. The SMILES string of the molecule is CCOc1ccccc1NC(=O)NCc1cc2ccccn2n1. The fourth-order valence-corrected chi connectivity index (χ4v) is 2.27. The third-order valence-electron chi connectivity index (χ3n) is 3.29. The van der Waals surface area contributed by atoms with Crippen LogP contribution in [0.25, 0.3) is 5.52 Å². The standard InChI is InChI=1S/C17H18N4O2/c1-2-23-16-9-4-3-8-15(16)19-17(22)18-12-13-11-14-7-5-6-10-21(14)20-13/h3-11H,2,12H2,1H3,(H2,18,19,22). The van der Waals surface area contributed by atoms with Crippen molar-refractivity contribution in [3.8, 4) is 5.75 Å². The summed E-state index contributed by atoms with van der Waals surface area (Å²) >= 11 is 0. The number of amides is 2. The van der Waals surface area contributed by atoms with Crippen molar-refractivity contribution in [2.75, 3.05) is 11.9 Å². The van der Waals surface area contributed by atoms with E-state index in [-0.39, 0.29) is 6.03 Å². The van der Waals surface area contributed by atoms with Crippen LogP contribution >= 0.6 is 0 Å². The molecule has 3 aromatic rings. The zero-order valence-corrected chi connectivity index (χ0v) is 12.8. The maximum atomic E-state index is 12.0. The van der Waals surface area contributed by atoms with Gasteiger partial charge >= 0.3 is 6.03 Å². The predicted molar refractivity (Wildman–Crippen MR) is 88.7 cm³/mol. The van der Waals surface area contributed by atoms with Gasteiger partial charge in [0.25, 0.3) is 0 Å². The molecule has 0 fully saturated rings. The van der Waals surface area contributed by atoms with E-state index in [1.807, 2.05) is 55.6 Å². The van der Waals surface area contributed by atoms with Gasteiger partial charge in [0, 0.05) is 6.20 Å². The predicted octanol–water partition coefficient (Wildman–Crippen LogP) is 3.05. The van der Waals surface area contributed by atoms with Gasteiger partial charge in [0.2, 0.25) is 0 Å². The van der Waals surface area contributed by atoms with E-state index >= 15 is 0 Å². The molecule has 6 heteroatoms. The first kappa shape index (κ1) is 14.9. The maximum Gasteiger partial charge on any atom is 0.319 e. The van der Waals surface area contributed by atoms with Gasteiger partial charge in [-0.2, -0.15) is 5.10 Å². The van der Waals surface area contributed by atoms with E-state index in [0.29, 0.717) is 24.6 Å².